The Morgan fingerprint density at radius 2 is 0.885 bits per heavy atom. The van der Waals surface area contributed by atoms with Gasteiger partial charge in [-0.1, -0.05) is 83.3 Å². The Balaban J connectivity index is 1.02. The van der Waals surface area contributed by atoms with Crippen LogP contribution in [0.15, 0.2) is 169 Å². The first kappa shape index (κ1) is 32.2. The zero-order valence-corrected chi connectivity index (χ0v) is 31.0. The summed E-state index contributed by atoms with van der Waals surface area (Å²) in [6.07, 6.45) is 18.3. The highest BCUT2D eigenvalue weighted by atomic mass is 32.1. The van der Waals surface area contributed by atoms with Crippen LogP contribution in [0.5, 0.6) is 0 Å². The van der Waals surface area contributed by atoms with Crippen molar-refractivity contribution < 1.29 is 9.13 Å². The SMILES string of the molecule is C[n+]1c(/C=C2/C=CN(c3ccccc3)C(N3CCN(C4=C/C(=C\c5sc6ccccc6[n+]5C)C=CN4c4ccccc4)CC3)=C2)sc2ccccc21. The Morgan fingerprint density at radius 3 is 1.29 bits per heavy atom. The summed E-state index contributed by atoms with van der Waals surface area (Å²) in [6, 6.07) is 38.7. The molecule has 0 radical (unpaired) electrons. The maximum absolute atomic E-state index is 2.55. The third kappa shape index (κ3) is 6.14. The van der Waals surface area contributed by atoms with Crippen molar-refractivity contribution in [2.24, 2.45) is 14.1 Å². The zero-order chi connectivity index (χ0) is 35.0. The molecule has 0 saturated carbocycles. The van der Waals surface area contributed by atoms with Crippen LogP contribution in [0.3, 0.4) is 0 Å². The first-order valence-electron chi connectivity index (χ1n) is 17.8. The fourth-order valence-corrected chi connectivity index (χ4v) is 9.45. The van der Waals surface area contributed by atoms with Crippen molar-refractivity contribution in [1.29, 1.82) is 0 Å². The van der Waals surface area contributed by atoms with Crippen molar-refractivity contribution in [2.45, 2.75) is 0 Å². The summed E-state index contributed by atoms with van der Waals surface area (Å²) >= 11 is 3.67. The first-order chi connectivity index (χ1) is 25.6. The first-order valence-corrected chi connectivity index (χ1v) is 19.4. The molecule has 256 valence electrons. The van der Waals surface area contributed by atoms with Gasteiger partial charge in [-0.25, -0.2) is 0 Å². The molecule has 1 saturated heterocycles. The molecule has 0 aliphatic carbocycles. The molecule has 0 spiro atoms. The largest absolute Gasteiger partial charge is 0.354 e. The quantitative estimate of drug-likeness (QED) is 0.161. The van der Waals surface area contributed by atoms with Crippen molar-refractivity contribution in [3.63, 3.8) is 0 Å². The number of anilines is 2. The van der Waals surface area contributed by atoms with Crippen LogP contribution >= 0.6 is 22.7 Å². The molecule has 6 aromatic rings. The number of nitrogens with zero attached hydrogens (tertiary/aromatic N) is 6. The Bertz CT molecular complexity index is 2280. The van der Waals surface area contributed by atoms with Gasteiger partial charge in [-0.05, 0) is 71.8 Å². The van der Waals surface area contributed by atoms with Crippen molar-refractivity contribution >= 4 is 66.6 Å². The van der Waals surface area contributed by atoms with Crippen LogP contribution in [0.2, 0.25) is 0 Å². The molecule has 0 amide bonds. The van der Waals surface area contributed by atoms with Crippen LogP contribution in [-0.4, -0.2) is 36.0 Å². The molecule has 5 heterocycles. The van der Waals surface area contributed by atoms with Gasteiger partial charge in [0.05, 0.1) is 0 Å². The second kappa shape index (κ2) is 13.8. The second-order valence-electron chi connectivity index (χ2n) is 13.2. The van der Waals surface area contributed by atoms with Gasteiger partial charge < -0.3 is 19.6 Å². The molecule has 52 heavy (non-hydrogen) atoms. The lowest BCUT2D eigenvalue weighted by Gasteiger charge is -2.44. The molecular weight excluding hydrogens is 677 g/mol. The highest BCUT2D eigenvalue weighted by molar-refractivity contribution is 7.19. The predicted octanol–water partition coefficient (Wildman–Crippen LogP) is 8.60. The lowest BCUT2D eigenvalue weighted by Crippen LogP contribution is -2.50. The summed E-state index contributed by atoms with van der Waals surface area (Å²) in [4.78, 5) is 9.77. The summed E-state index contributed by atoms with van der Waals surface area (Å²) in [5.74, 6) is 2.41. The molecule has 0 atom stereocenters. The van der Waals surface area contributed by atoms with Crippen molar-refractivity contribution in [2.75, 3.05) is 36.0 Å². The fraction of sp³-hybridized carbons (Fsp3) is 0.136. The van der Waals surface area contributed by atoms with Crippen LogP contribution in [0.4, 0.5) is 11.4 Å². The molecule has 3 aliphatic rings. The van der Waals surface area contributed by atoms with E-state index in [2.05, 4.69) is 201 Å². The van der Waals surface area contributed by atoms with E-state index in [4.69, 9.17) is 0 Å². The third-order valence-electron chi connectivity index (χ3n) is 10.0. The summed E-state index contributed by atoms with van der Waals surface area (Å²) in [6.45, 7) is 3.61. The smallest absolute Gasteiger partial charge is 0.263 e. The molecule has 3 aliphatic heterocycles. The topological polar surface area (TPSA) is 20.7 Å². The van der Waals surface area contributed by atoms with Gasteiger partial charge in [-0.2, -0.15) is 9.13 Å². The Kier molecular flexibility index (Phi) is 8.54. The lowest BCUT2D eigenvalue weighted by atomic mass is 10.1. The molecule has 4 aromatic carbocycles. The Morgan fingerprint density at radius 1 is 0.500 bits per heavy atom. The van der Waals surface area contributed by atoms with Gasteiger partial charge in [-0.3, -0.25) is 0 Å². The molecule has 9 rings (SSSR count). The van der Waals surface area contributed by atoms with Gasteiger partial charge in [0.2, 0.25) is 11.0 Å². The number of aryl methyl sites for hydroxylation is 2. The number of aromatic nitrogens is 2. The van der Waals surface area contributed by atoms with Gasteiger partial charge in [0.15, 0.2) is 0 Å². The summed E-state index contributed by atoms with van der Waals surface area (Å²) in [7, 11) is 4.32. The number of para-hydroxylation sites is 4. The number of hydrogen-bond donors (Lipinski definition) is 0. The van der Waals surface area contributed by atoms with Gasteiger partial charge in [-0.15, -0.1) is 0 Å². The molecule has 1 fully saturated rings. The van der Waals surface area contributed by atoms with Crippen molar-refractivity contribution in [3.05, 3.63) is 179 Å². The third-order valence-corrected chi connectivity index (χ3v) is 12.4. The maximum Gasteiger partial charge on any atom is 0.263 e. The summed E-state index contributed by atoms with van der Waals surface area (Å²) in [5, 5.41) is 2.47. The van der Waals surface area contributed by atoms with E-state index in [0.29, 0.717) is 0 Å². The van der Waals surface area contributed by atoms with Crippen LogP contribution < -0.4 is 18.9 Å². The minimum Gasteiger partial charge on any atom is -0.354 e. The van der Waals surface area contributed by atoms with E-state index in [-0.39, 0.29) is 0 Å². The van der Waals surface area contributed by atoms with Gasteiger partial charge in [0.25, 0.3) is 10.0 Å². The zero-order valence-electron chi connectivity index (χ0n) is 29.3. The Labute approximate surface area is 313 Å². The molecule has 2 aromatic heterocycles. The monoisotopic (exact) mass is 716 g/mol. The highest BCUT2D eigenvalue weighted by Gasteiger charge is 2.29. The summed E-state index contributed by atoms with van der Waals surface area (Å²) in [5.41, 5.74) is 7.25. The standard InChI is InChI=1S/C44H40N6S2/c1-45-37-17-9-11-19-39(37)51-43(45)31-33-21-23-49(35-13-5-3-6-14-35)41(29-33)47-25-27-48(28-26-47)42-30-34(22-24-50(42)36-15-7-4-8-16-36)32-44-46(2)38-18-10-12-20-40(38)52-44/h3-24,29-32H,25-28H2,1-2H3/q+2. The van der Waals surface area contributed by atoms with Crippen LogP contribution in [0.25, 0.3) is 32.6 Å². The van der Waals surface area contributed by atoms with E-state index in [1.54, 1.807) is 0 Å². The van der Waals surface area contributed by atoms with Crippen molar-refractivity contribution in [3.8, 4) is 0 Å². The second-order valence-corrected chi connectivity index (χ2v) is 15.4. The van der Waals surface area contributed by atoms with Crippen LogP contribution in [-0.2, 0) is 14.1 Å². The van der Waals surface area contributed by atoms with E-state index in [1.165, 1.54) is 64.6 Å². The Hall–Kier alpha value is -5.70. The molecule has 6 nitrogen and oxygen atoms in total. The van der Waals surface area contributed by atoms with Gasteiger partial charge >= 0.3 is 0 Å². The normalized spacial score (nSPS) is 17.9. The van der Waals surface area contributed by atoms with Gasteiger partial charge in [0, 0.05) is 74.2 Å². The van der Waals surface area contributed by atoms with E-state index >= 15 is 0 Å². The molecule has 0 bridgehead atoms. The van der Waals surface area contributed by atoms with E-state index < -0.39 is 0 Å². The average molecular weight is 717 g/mol. The van der Waals surface area contributed by atoms with E-state index in [1.807, 2.05) is 22.7 Å². The minimum atomic E-state index is 0.904. The fourth-order valence-electron chi connectivity index (χ4n) is 7.23. The van der Waals surface area contributed by atoms with Crippen molar-refractivity contribution in [1.82, 2.24) is 9.80 Å². The molecule has 8 heteroatoms. The predicted molar refractivity (Wildman–Crippen MR) is 217 cm³/mol. The van der Waals surface area contributed by atoms with Gasteiger partial charge in [0.1, 0.15) is 35.1 Å². The summed E-state index contributed by atoms with van der Waals surface area (Å²) < 4.78 is 7.20. The van der Waals surface area contributed by atoms with E-state index in [9.17, 15) is 0 Å². The number of allylic oxidation sites excluding steroid dienone is 6. The number of fused-ring (bicyclic) bond motifs is 2. The number of rotatable bonds is 6. The molecular formula is C44H40N6S2+2. The van der Waals surface area contributed by atoms with Crippen LogP contribution in [0.1, 0.15) is 10.0 Å². The number of thiazole rings is 2. The average Bonchev–Trinajstić information content (AvgIpc) is 3.69. The van der Waals surface area contributed by atoms with E-state index in [0.717, 1.165) is 26.2 Å². The van der Waals surface area contributed by atoms with Crippen LogP contribution in [0, 0.1) is 0 Å². The highest BCUT2D eigenvalue weighted by Crippen LogP contribution is 2.33. The maximum atomic E-state index is 2.55. The minimum absolute atomic E-state index is 0.904. The molecule has 0 N–H and O–H groups in total. The lowest BCUT2D eigenvalue weighted by molar-refractivity contribution is -0.642. The number of piperazine rings is 1. The number of benzene rings is 4. The number of hydrogen-bond acceptors (Lipinski definition) is 6. The molecule has 0 unspecified atom stereocenters.